The fourth-order valence-electron chi connectivity index (χ4n) is 3.03. The lowest BCUT2D eigenvalue weighted by atomic mass is 9.96. The molecule has 0 saturated carbocycles. The number of aliphatic carboxylic acids is 1. The largest absolute Gasteiger partial charge is 0.484 e. The monoisotopic (exact) mass is 350 g/mol. The molecule has 2 heterocycles. The smallest absolute Gasteiger partial charge is 0.327 e. The number of nitrogens with zero attached hydrogens (tertiary/aromatic N) is 1. The number of carbonyl (C=O) groups is 3. The predicted octanol–water partition coefficient (Wildman–Crippen LogP) is 0.697. The molecule has 128 valence electrons. The summed E-state index contributed by atoms with van der Waals surface area (Å²) in [6.07, 6.45) is 0. The highest BCUT2D eigenvalue weighted by Gasteiger charge is 2.64. The van der Waals surface area contributed by atoms with Gasteiger partial charge < -0.3 is 20.1 Å². The van der Waals surface area contributed by atoms with Gasteiger partial charge in [-0.1, -0.05) is 18.2 Å². The average molecular weight is 350 g/mol. The van der Waals surface area contributed by atoms with Crippen LogP contribution in [0.1, 0.15) is 13.8 Å². The Kier molecular flexibility index (Phi) is 4.16. The number of benzene rings is 1. The molecule has 0 aromatic heterocycles. The SMILES string of the molecule is CC1(C)S[C@H]2[C@H](NC(=O)COc3ccccc3)C(=O)N2[C@@H]1C(=O)O. The number of carboxylic acids is 1. The van der Waals surface area contributed by atoms with Gasteiger partial charge in [-0.3, -0.25) is 9.59 Å². The molecule has 0 unspecified atom stereocenters. The van der Waals surface area contributed by atoms with E-state index in [0.717, 1.165) is 0 Å². The third kappa shape index (κ3) is 2.82. The number of β-lactam (4-membered cyclic amide) rings is 1. The second-order valence-corrected chi connectivity index (χ2v) is 8.02. The van der Waals surface area contributed by atoms with E-state index in [2.05, 4.69) is 5.32 Å². The van der Waals surface area contributed by atoms with Gasteiger partial charge in [0.1, 0.15) is 23.2 Å². The minimum atomic E-state index is -1.03. The average Bonchev–Trinajstić information content (AvgIpc) is 2.80. The van der Waals surface area contributed by atoms with Crippen LogP contribution in [0.3, 0.4) is 0 Å². The Labute approximate surface area is 143 Å². The van der Waals surface area contributed by atoms with Gasteiger partial charge in [0.25, 0.3) is 5.91 Å². The maximum absolute atomic E-state index is 12.2. The molecule has 2 aliphatic heterocycles. The molecule has 0 aliphatic carbocycles. The molecule has 2 N–H and O–H groups in total. The maximum atomic E-state index is 12.2. The van der Waals surface area contributed by atoms with Gasteiger partial charge in [0.05, 0.1) is 0 Å². The third-order valence-corrected chi connectivity index (χ3v) is 5.68. The number of thioether (sulfide) groups is 1. The van der Waals surface area contributed by atoms with Crippen LogP contribution in [0.5, 0.6) is 5.75 Å². The minimum Gasteiger partial charge on any atom is -0.484 e. The number of carboxylic acid groups (broad SMARTS) is 1. The number of fused-ring (bicyclic) bond motifs is 1. The quantitative estimate of drug-likeness (QED) is 0.759. The number of hydrogen-bond acceptors (Lipinski definition) is 5. The van der Waals surface area contributed by atoms with E-state index in [9.17, 15) is 19.5 Å². The van der Waals surface area contributed by atoms with Crippen LogP contribution in [0.2, 0.25) is 0 Å². The van der Waals surface area contributed by atoms with E-state index in [4.69, 9.17) is 4.74 Å². The van der Waals surface area contributed by atoms with E-state index in [1.807, 2.05) is 6.07 Å². The second kappa shape index (κ2) is 6.01. The van der Waals surface area contributed by atoms with Crippen LogP contribution < -0.4 is 10.1 Å². The molecule has 2 saturated heterocycles. The molecule has 24 heavy (non-hydrogen) atoms. The van der Waals surface area contributed by atoms with Crippen molar-refractivity contribution in [3.63, 3.8) is 0 Å². The number of rotatable bonds is 5. The lowest BCUT2D eigenvalue weighted by Gasteiger charge is -2.43. The van der Waals surface area contributed by atoms with Crippen LogP contribution in [0.15, 0.2) is 30.3 Å². The number of nitrogens with one attached hydrogen (secondary N) is 1. The first-order valence-corrected chi connectivity index (χ1v) is 8.39. The van der Waals surface area contributed by atoms with E-state index in [-0.39, 0.29) is 17.9 Å². The fourth-order valence-corrected chi connectivity index (χ4v) is 4.65. The molecular formula is C16H18N2O5S. The summed E-state index contributed by atoms with van der Waals surface area (Å²) in [4.78, 5) is 37.0. The minimum absolute atomic E-state index is 0.197. The summed E-state index contributed by atoms with van der Waals surface area (Å²) in [5.41, 5.74) is 0. The van der Waals surface area contributed by atoms with Crippen LogP contribution in [0.4, 0.5) is 0 Å². The van der Waals surface area contributed by atoms with E-state index >= 15 is 0 Å². The van der Waals surface area contributed by atoms with Gasteiger partial charge in [0.15, 0.2) is 6.61 Å². The van der Waals surface area contributed by atoms with Gasteiger partial charge in [0, 0.05) is 4.75 Å². The molecule has 3 rings (SSSR count). The molecule has 0 spiro atoms. The number of para-hydroxylation sites is 1. The Morgan fingerprint density at radius 1 is 1.33 bits per heavy atom. The second-order valence-electron chi connectivity index (χ2n) is 6.25. The van der Waals surface area contributed by atoms with Gasteiger partial charge in [-0.05, 0) is 26.0 Å². The van der Waals surface area contributed by atoms with Gasteiger partial charge >= 0.3 is 5.97 Å². The first kappa shape index (κ1) is 16.6. The molecule has 0 radical (unpaired) electrons. The summed E-state index contributed by atoms with van der Waals surface area (Å²) in [5.74, 6) is -1.23. The molecule has 1 aromatic rings. The van der Waals surface area contributed by atoms with Crippen molar-refractivity contribution >= 4 is 29.5 Å². The molecule has 8 heteroatoms. The molecule has 7 nitrogen and oxygen atoms in total. The Hall–Kier alpha value is -2.22. The van der Waals surface area contributed by atoms with Gasteiger partial charge in [-0.15, -0.1) is 11.8 Å². The van der Waals surface area contributed by atoms with Crippen LogP contribution >= 0.6 is 11.8 Å². The summed E-state index contributed by atoms with van der Waals surface area (Å²) in [6, 6.07) is 7.31. The van der Waals surface area contributed by atoms with Crippen molar-refractivity contribution < 1.29 is 24.2 Å². The predicted molar refractivity (Wildman–Crippen MR) is 87.6 cm³/mol. The van der Waals surface area contributed by atoms with Crippen molar-refractivity contribution in [2.24, 2.45) is 0 Å². The van der Waals surface area contributed by atoms with Crippen molar-refractivity contribution in [1.82, 2.24) is 10.2 Å². The Morgan fingerprint density at radius 3 is 2.62 bits per heavy atom. The highest BCUT2D eigenvalue weighted by atomic mass is 32.2. The highest BCUT2D eigenvalue weighted by Crippen LogP contribution is 2.50. The van der Waals surface area contributed by atoms with E-state index < -0.39 is 28.7 Å². The lowest BCUT2D eigenvalue weighted by molar-refractivity contribution is -0.161. The first-order valence-electron chi connectivity index (χ1n) is 7.51. The Morgan fingerprint density at radius 2 is 2.00 bits per heavy atom. The Balaban J connectivity index is 1.59. The zero-order valence-corrected chi connectivity index (χ0v) is 14.1. The molecule has 3 atom stereocenters. The van der Waals surface area contributed by atoms with Crippen LogP contribution in [0.25, 0.3) is 0 Å². The van der Waals surface area contributed by atoms with E-state index in [1.165, 1.54) is 16.7 Å². The van der Waals surface area contributed by atoms with E-state index in [1.54, 1.807) is 38.1 Å². The number of hydrogen-bond donors (Lipinski definition) is 2. The molecule has 2 amide bonds. The van der Waals surface area contributed by atoms with Crippen molar-refractivity contribution in [2.45, 2.75) is 36.1 Å². The lowest BCUT2D eigenvalue weighted by Crippen LogP contribution is -2.70. The summed E-state index contributed by atoms with van der Waals surface area (Å²) >= 11 is 1.39. The molecular weight excluding hydrogens is 332 g/mol. The first-order chi connectivity index (χ1) is 11.3. The standard InChI is InChI=1S/C16H18N2O5S/c1-16(2)12(15(21)22)18-13(20)11(14(18)24-16)17-10(19)8-23-9-6-4-3-5-7-9/h3-7,11-12,14H,8H2,1-2H3,(H,17,19)(H,21,22)/t11-,12-,14+/m1/s1. The summed E-state index contributed by atoms with van der Waals surface area (Å²) in [5, 5.41) is 11.6. The topological polar surface area (TPSA) is 95.9 Å². The van der Waals surface area contributed by atoms with Crippen molar-refractivity contribution in [3.05, 3.63) is 30.3 Å². The molecule has 2 aliphatic rings. The molecule has 1 aromatic carbocycles. The number of ether oxygens (including phenoxy) is 1. The van der Waals surface area contributed by atoms with Crippen LogP contribution in [-0.2, 0) is 14.4 Å². The van der Waals surface area contributed by atoms with Gasteiger partial charge in [-0.25, -0.2) is 4.79 Å². The summed E-state index contributed by atoms with van der Waals surface area (Å²) in [6.45, 7) is 3.38. The van der Waals surface area contributed by atoms with E-state index in [0.29, 0.717) is 5.75 Å². The summed E-state index contributed by atoms with van der Waals surface area (Å²) < 4.78 is 4.74. The number of carbonyl (C=O) groups excluding carboxylic acids is 2. The third-order valence-electron chi connectivity index (χ3n) is 4.10. The normalized spacial score (nSPS) is 27.2. The molecule has 0 bridgehead atoms. The maximum Gasteiger partial charge on any atom is 0.327 e. The Bertz CT molecular complexity index is 678. The fraction of sp³-hybridized carbons (Fsp3) is 0.438. The zero-order chi connectivity index (χ0) is 17.5. The van der Waals surface area contributed by atoms with Crippen LogP contribution in [-0.4, -0.2) is 56.6 Å². The van der Waals surface area contributed by atoms with Crippen molar-refractivity contribution in [3.8, 4) is 5.75 Å². The molecule has 2 fully saturated rings. The van der Waals surface area contributed by atoms with Crippen LogP contribution in [0, 0.1) is 0 Å². The summed E-state index contributed by atoms with van der Waals surface area (Å²) in [7, 11) is 0. The van der Waals surface area contributed by atoms with Crippen molar-refractivity contribution in [1.29, 1.82) is 0 Å². The highest BCUT2D eigenvalue weighted by molar-refractivity contribution is 8.01. The van der Waals surface area contributed by atoms with Crippen molar-refractivity contribution in [2.75, 3.05) is 6.61 Å². The zero-order valence-electron chi connectivity index (χ0n) is 13.3. The number of amides is 2. The van der Waals surface area contributed by atoms with Gasteiger partial charge in [0.2, 0.25) is 5.91 Å². The van der Waals surface area contributed by atoms with Gasteiger partial charge in [-0.2, -0.15) is 0 Å².